The van der Waals surface area contributed by atoms with Crippen molar-refractivity contribution >= 4 is 11.8 Å². The fourth-order valence-electron chi connectivity index (χ4n) is 1.95. The van der Waals surface area contributed by atoms with Crippen LogP contribution in [0.4, 0.5) is 0 Å². The fraction of sp³-hybridized carbons (Fsp3) is 1.00. The van der Waals surface area contributed by atoms with E-state index < -0.39 is 0 Å². The lowest BCUT2D eigenvalue weighted by Crippen LogP contribution is -2.13. The van der Waals surface area contributed by atoms with Gasteiger partial charge in [-0.2, -0.15) is 11.8 Å². The molecule has 0 bridgehead atoms. The zero-order chi connectivity index (χ0) is 11.5. The normalized spacial score (nSPS) is 15.2. The smallest absolute Gasteiger partial charge is 0.0543 e. The SMILES string of the molecule is CCCCC(CC)CC(O)CCCSC. The maximum Gasteiger partial charge on any atom is 0.0543 e. The standard InChI is InChI=1S/C13H28OS/c1-4-6-8-12(5-2)11-13(14)9-7-10-15-3/h12-14H,4-11H2,1-3H3. The van der Waals surface area contributed by atoms with E-state index >= 15 is 0 Å². The van der Waals surface area contributed by atoms with Gasteiger partial charge in [0.25, 0.3) is 0 Å². The summed E-state index contributed by atoms with van der Waals surface area (Å²) in [6.07, 6.45) is 10.4. The van der Waals surface area contributed by atoms with Crippen LogP contribution in [0, 0.1) is 5.92 Å². The van der Waals surface area contributed by atoms with Crippen LogP contribution in [0.5, 0.6) is 0 Å². The molecule has 0 saturated carbocycles. The van der Waals surface area contributed by atoms with Crippen molar-refractivity contribution in [2.24, 2.45) is 5.92 Å². The number of aliphatic hydroxyl groups is 1. The van der Waals surface area contributed by atoms with Gasteiger partial charge in [0.2, 0.25) is 0 Å². The molecule has 0 amide bonds. The lowest BCUT2D eigenvalue weighted by atomic mass is 9.92. The molecule has 1 nitrogen and oxygen atoms in total. The van der Waals surface area contributed by atoms with Crippen molar-refractivity contribution < 1.29 is 5.11 Å². The Morgan fingerprint density at radius 2 is 1.87 bits per heavy atom. The quantitative estimate of drug-likeness (QED) is 0.572. The van der Waals surface area contributed by atoms with Crippen LogP contribution in [-0.4, -0.2) is 23.2 Å². The molecule has 2 unspecified atom stereocenters. The highest BCUT2D eigenvalue weighted by molar-refractivity contribution is 7.98. The second-order valence-electron chi connectivity index (χ2n) is 4.44. The molecule has 0 aliphatic heterocycles. The van der Waals surface area contributed by atoms with Gasteiger partial charge in [-0.05, 0) is 37.2 Å². The van der Waals surface area contributed by atoms with E-state index in [1.54, 1.807) is 0 Å². The molecule has 0 aromatic carbocycles. The summed E-state index contributed by atoms with van der Waals surface area (Å²) in [5.41, 5.74) is 0. The second kappa shape index (κ2) is 10.8. The third kappa shape index (κ3) is 9.25. The van der Waals surface area contributed by atoms with Crippen LogP contribution in [0.2, 0.25) is 0 Å². The largest absolute Gasteiger partial charge is 0.393 e. The first-order valence-corrected chi connectivity index (χ1v) is 7.80. The summed E-state index contributed by atoms with van der Waals surface area (Å²) in [7, 11) is 0. The second-order valence-corrected chi connectivity index (χ2v) is 5.43. The Hall–Kier alpha value is 0.310. The molecule has 0 spiro atoms. The number of unbranched alkanes of at least 4 members (excludes halogenated alkanes) is 1. The molecule has 0 aromatic rings. The van der Waals surface area contributed by atoms with Gasteiger partial charge in [-0.15, -0.1) is 0 Å². The van der Waals surface area contributed by atoms with Gasteiger partial charge in [0.1, 0.15) is 0 Å². The van der Waals surface area contributed by atoms with Gasteiger partial charge in [0.15, 0.2) is 0 Å². The molecular weight excluding hydrogens is 204 g/mol. The molecule has 2 heteroatoms. The van der Waals surface area contributed by atoms with Crippen LogP contribution in [-0.2, 0) is 0 Å². The van der Waals surface area contributed by atoms with Crippen LogP contribution in [0.1, 0.15) is 58.8 Å². The summed E-state index contributed by atoms with van der Waals surface area (Å²) in [4.78, 5) is 0. The number of rotatable bonds is 10. The van der Waals surface area contributed by atoms with E-state index in [4.69, 9.17) is 0 Å². The van der Waals surface area contributed by atoms with Crippen LogP contribution < -0.4 is 0 Å². The zero-order valence-corrected chi connectivity index (χ0v) is 11.5. The Labute approximate surface area is 100 Å². The van der Waals surface area contributed by atoms with Crippen LogP contribution >= 0.6 is 11.8 Å². The summed E-state index contributed by atoms with van der Waals surface area (Å²) in [6.45, 7) is 4.48. The summed E-state index contributed by atoms with van der Waals surface area (Å²) < 4.78 is 0. The monoisotopic (exact) mass is 232 g/mol. The molecule has 0 fully saturated rings. The minimum absolute atomic E-state index is 0.0565. The van der Waals surface area contributed by atoms with Gasteiger partial charge >= 0.3 is 0 Å². The number of aliphatic hydroxyl groups excluding tert-OH is 1. The topological polar surface area (TPSA) is 20.2 Å². The molecule has 0 aliphatic carbocycles. The van der Waals surface area contributed by atoms with Crippen molar-refractivity contribution in [3.8, 4) is 0 Å². The number of thioether (sulfide) groups is 1. The van der Waals surface area contributed by atoms with Crippen molar-refractivity contribution in [3.05, 3.63) is 0 Å². The van der Waals surface area contributed by atoms with E-state index in [1.165, 1.54) is 31.4 Å². The van der Waals surface area contributed by atoms with Gasteiger partial charge in [-0.3, -0.25) is 0 Å². The molecule has 0 rings (SSSR count). The maximum absolute atomic E-state index is 9.87. The van der Waals surface area contributed by atoms with E-state index in [-0.39, 0.29) is 6.10 Å². The highest BCUT2D eigenvalue weighted by Crippen LogP contribution is 2.20. The lowest BCUT2D eigenvalue weighted by molar-refractivity contribution is 0.128. The van der Waals surface area contributed by atoms with Crippen LogP contribution in [0.25, 0.3) is 0 Å². The van der Waals surface area contributed by atoms with Crippen LogP contribution in [0.15, 0.2) is 0 Å². The summed E-state index contributed by atoms with van der Waals surface area (Å²) >= 11 is 1.87. The molecule has 2 atom stereocenters. The first-order chi connectivity index (χ1) is 7.24. The number of hydrogen-bond donors (Lipinski definition) is 1. The van der Waals surface area contributed by atoms with Crippen molar-refractivity contribution in [1.82, 2.24) is 0 Å². The first kappa shape index (κ1) is 15.3. The fourth-order valence-corrected chi connectivity index (χ4v) is 2.40. The Morgan fingerprint density at radius 3 is 2.40 bits per heavy atom. The van der Waals surface area contributed by atoms with Gasteiger partial charge in [0.05, 0.1) is 6.10 Å². The molecule has 1 N–H and O–H groups in total. The molecule has 0 radical (unpaired) electrons. The van der Waals surface area contributed by atoms with E-state index in [2.05, 4.69) is 20.1 Å². The zero-order valence-electron chi connectivity index (χ0n) is 10.7. The predicted octanol–water partition coefficient (Wildman–Crippen LogP) is 4.10. The van der Waals surface area contributed by atoms with E-state index in [0.717, 1.165) is 25.2 Å². The highest BCUT2D eigenvalue weighted by atomic mass is 32.2. The average Bonchev–Trinajstić information content (AvgIpc) is 2.24. The maximum atomic E-state index is 9.87. The van der Waals surface area contributed by atoms with Crippen molar-refractivity contribution in [3.63, 3.8) is 0 Å². The van der Waals surface area contributed by atoms with Crippen molar-refractivity contribution in [2.45, 2.75) is 64.9 Å². The Kier molecular flexibility index (Phi) is 11.0. The minimum Gasteiger partial charge on any atom is -0.393 e. The molecule has 0 heterocycles. The molecule has 0 aromatic heterocycles. The van der Waals surface area contributed by atoms with Gasteiger partial charge in [0, 0.05) is 0 Å². The average molecular weight is 232 g/mol. The minimum atomic E-state index is -0.0565. The predicted molar refractivity (Wildman–Crippen MR) is 71.5 cm³/mol. The highest BCUT2D eigenvalue weighted by Gasteiger charge is 2.12. The summed E-state index contributed by atoms with van der Waals surface area (Å²) in [5, 5.41) is 9.87. The van der Waals surface area contributed by atoms with Gasteiger partial charge < -0.3 is 5.11 Å². The lowest BCUT2D eigenvalue weighted by Gasteiger charge is -2.18. The molecule has 15 heavy (non-hydrogen) atoms. The van der Waals surface area contributed by atoms with Gasteiger partial charge in [-0.25, -0.2) is 0 Å². The van der Waals surface area contributed by atoms with E-state index in [1.807, 2.05) is 11.8 Å². The molecule has 0 aliphatic rings. The Morgan fingerprint density at radius 1 is 1.13 bits per heavy atom. The summed E-state index contributed by atoms with van der Waals surface area (Å²) in [5.74, 6) is 1.93. The molecular formula is C13H28OS. The van der Waals surface area contributed by atoms with E-state index in [9.17, 15) is 5.11 Å². The third-order valence-electron chi connectivity index (χ3n) is 3.03. The Bertz CT molecular complexity index is 128. The van der Waals surface area contributed by atoms with Crippen molar-refractivity contribution in [2.75, 3.05) is 12.0 Å². The number of hydrogen-bond acceptors (Lipinski definition) is 2. The molecule has 92 valence electrons. The molecule has 0 saturated heterocycles. The van der Waals surface area contributed by atoms with Crippen molar-refractivity contribution in [1.29, 1.82) is 0 Å². The summed E-state index contributed by atoms with van der Waals surface area (Å²) in [6, 6.07) is 0. The van der Waals surface area contributed by atoms with Gasteiger partial charge in [-0.1, -0.05) is 39.5 Å². The first-order valence-electron chi connectivity index (χ1n) is 6.41. The Balaban J connectivity index is 3.55. The van der Waals surface area contributed by atoms with E-state index in [0.29, 0.717) is 0 Å². The van der Waals surface area contributed by atoms with Crippen LogP contribution in [0.3, 0.4) is 0 Å². The third-order valence-corrected chi connectivity index (χ3v) is 3.73.